The Morgan fingerprint density at radius 3 is 2.11 bits per heavy atom. The largest absolute Gasteiger partial charge is 0.416 e. The van der Waals surface area contributed by atoms with Crippen LogP contribution in [0.3, 0.4) is 0 Å². The summed E-state index contributed by atoms with van der Waals surface area (Å²) < 4.78 is 37.8. The van der Waals surface area contributed by atoms with Gasteiger partial charge in [0, 0.05) is 12.5 Å². The lowest BCUT2D eigenvalue weighted by atomic mass is 9.98. The quantitative estimate of drug-likeness (QED) is 0.455. The molecule has 3 nitrogen and oxygen atoms in total. The van der Waals surface area contributed by atoms with Crippen molar-refractivity contribution in [3.63, 3.8) is 0 Å². The maximum Gasteiger partial charge on any atom is 0.416 e. The van der Waals surface area contributed by atoms with Gasteiger partial charge in [0.05, 0.1) is 11.1 Å². The predicted octanol–water partition coefficient (Wildman–Crippen LogP) is 4.63. The number of carbonyl (C=O) groups is 2. The molecule has 0 unspecified atom stereocenters. The predicted molar refractivity (Wildman–Crippen MR) is 97.6 cm³/mol. The van der Waals surface area contributed by atoms with Crippen LogP contribution >= 0.6 is 0 Å². The Hall–Kier alpha value is -2.89. The van der Waals surface area contributed by atoms with Crippen LogP contribution < -0.4 is 5.32 Å². The molecular weight excluding hydrogens is 355 g/mol. The van der Waals surface area contributed by atoms with E-state index < -0.39 is 17.6 Å². The minimum Gasteiger partial charge on any atom is -0.348 e. The molecule has 0 saturated carbocycles. The van der Waals surface area contributed by atoms with Gasteiger partial charge in [-0.3, -0.25) is 9.59 Å². The first-order valence-corrected chi connectivity index (χ1v) is 8.44. The molecule has 0 aromatic heterocycles. The summed E-state index contributed by atoms with van der Waals surface area (Å²) in [5.74, 6) is -1.22. The molecule has 2 aromatic carbocycles. The van der Waals surface area contributed by atoms with E-state index in [2.05, 4.69) is 5.32 Å². The number of nitrogens with one attached hydrogen (secondary N) is 1. The van der Waals surface area contributed by atoms with Crippen molar-refractivity contribution >= 4 is 17.8 Å². The van der Waals surface area contributed by atoms with Crippen LogP contribution in [0.2, 0.25) is 0 Å². The summed E-state index contributed by atoms with van der Waals surface area (Å²) in [5, 5.41) is 2.60. The van der Waals surface area contributed by atoms with Crippen molar-refractivity contribution < 1.29 is 22.8 Å². The van der Waals surface area contributed by atoms with E-state index in [-0.39, 0.29) is 23.8 Å². The first kappa shape index (κ1) is 20.4. The Kier molecular flexibility index (Phi) is 6.55. The third kappa shape index (κ3) is 5.81. The zero-order valence-corrected chi connectivity index (χ0v) is 15.0. The third-order valence-electron chi connectivity index (χ3n) is 3.88. The zero-order chi connectivity index (χ0) is 20.0. The number of amides is 1. The lowest BCUT2D eigenvalue weighted by Crippen LogP contribution is -2.29. The molecule has 2 rings (SSSR count). The first-order valence-electron chi connectivity index (χ1n) is 8.44. The number of alkyl halides is 3. The smallest absolute Gasteiger partial charge is 0.348 e. The normalized spacial score (nSPS) is 12.1. The Bertz CT molecular complexity index is 823. The first-order chi connectivity index (χ1) is 12.7. The van der Waals surface area contributed by atoms with Crippen molar-refractivity contribution in [3.8, 4) is 0 Å². The van der Waals surface area contributed by atoms with Crippen molar-refractivity contribution in [1.82, 2.24) is 5.32 Å². The number of ketones is 1. The van der Waals surface area contributed by atoms with Crippen molar-refractivity contribution in [2.75, 3.05) is 0 Å². The molecule has 0 spiro atoms. The lowest BCUT2D eigenvalue weighted by Gasteiger charge is -2.12. The fraction of sp³-hybridized carbons (Fsp3) is 0.238. The van der Waals surface area contributed by atoms with E-state index >= 15 is 0 Å². The number of halogens is 3. The van der Waals surface area contributed by atoms with Crippen LogP contribution in [0, 0.1) is 5.92 Å². The van der Waals surface area contributed by atoms with E-state index in [4.69, 9.17) is 0 Å². The maximum absolute atomic E-state index is 12.6. The van der Waals surface area contributed by atoms with E-state index in [1.807, 2.05) is 6.07 Å². The second-order valence-corrected chi connectivity index (χ2v) is 6.37. The number of Topliss-reactive ketones (excluding diaryl/α,β-unsaturated/α-hetero) is 1. The molecule has 0 aliphatic heterocycles. The molecular formula is C21H20F3NO2. The van der Waals surface area contributed by atoms with E-state index in [1.54, 1.807) is 38.1 Å². The average Bonchev–Trinajstić information content (AvgIpc) is 2.64. The highest BCUT2D eigenvalue weighted by atomic mass is 19.4. The molecule has 1 N–H and O–H groups in total. The maximum atomic E-state index is 12.6. The highest BCUT2D eigenvalue weighted by molar-refractivity contribution is 6.23. The summed E-state index contributed by atoms with van der Waals surface area (Å²) in [6.45, 7) is 3.42. The summed E-state index contributed by atoms with van der Waals surface area (Å²) in [6.07, 6.45) is -2.89. The Labute approximate surface area is 155 Å². The van der Waals surface area contributed by atoms with Crippen LogP contribution in [0.5, 0.6) is 0 Å². The highest BCUT2D eigenvalue weighted by Crippen LogP contribution is 2.29. The summed E-state index contributed by atoms with van der Waals surface area (Å²) in [6, 6.07) is 13.5. The van der Waals surface area contributed by atoms with Crippen molar-refractivity contribution in [2.24, 2.45) is 5.92 Å². The minimum absolute atomic E-state index is 0.0168. The SMILES string of the molecule is CC(C)C(=O)C(=Cc1ccccc1)C(=O)NCc1ccc(C(F)(F)F)cc1. The van der Waals surface area contributed by atoms with Crippen LogP contribution in [0.15, 0.2) is 60.2 Å². The zero-order valence-electron chi connectivity index (χ0n) is 15.0. The molecule has 2 aromatic rings. The average molecular weight is 375 g/mol. The van der Waals surface area contributed by atoms with Gasteiger partial charge in [0.15, 0.2) is 5.78 Å². The molecule has 6 heteroatoms. The minimum atomic E-state index is -4.41. The number of rotatable bonds is 6. The fourth-order valence-electron chi connectivity index (χ4n) is 2.36. The molecule has 0 radical (unpaired) electrons. The van der Waals surface area contributed by atoms with E-state index in [1.165, 1.54) is 18.2 Å². The molecule has 0 bridgehead atoms. The molecule has 1 amide bonds. The summed E-state index contributed by atoms with van der Waals surface area (Å²) in [7, 11) is 0. The fourth-order valence-corrected chi connectivity index (χ4v) is 2.36. The topological polar surface area (TPSA) is 46.2 Å². The molecule has 0 fully saturated rings. The van der Waals surface area contributed by atoms with Crippen LogP contribution in [0.1, 0.15) is 30.5 Å². The molecule has 142 valence electrons. The Balaban J connectivity index is 2.14. The molecule has 0 aliphatic rings. The van der Waals surface area contributed by atoms with Crippen LogP contribution in [-0.4, -0.2) is 11.7 Å². The van der Waals surface area contributed by atoms with E-state index in [0.717, 1.165) is 12.1 Å². The third-order valence-corrected chi connectivity index (χ3v) is 3.88. The Morgan fingerprint density at radius 1 is 1.00 bits per heavy atom. The molecule has 0 saturated heterocycles. The second kappa shape index (κ2) is 8.66. The van der Waals surface area contributed by atoms with Gasteiger partial charge >= 0.3 is 6.18 Å². The van der Waals surface area contributed by atoms with Gasteiger partial charge in [-0.1, -0.05) is 56.3 Å². The second-order valence-electron chi connectivity index (χ2n) is 6.37. The van der Waals surface area contributed by atoms with Crippen LogP contribution in [0.25, 0.3) is 6.08 Å². The Morgan fingerprint density at radius 2 is 1.59 bits per heavy atom. The molecule has 0 heterocycles. The van der Waals surface area contributed by atoms with Crippen LogP contribution in [0.4, 0.5) is 13.2 Å². The van der Waals surface area contributed by atoms with Crippen molar-refractivity contribution in [1.29, 1.82) is 0 Å². The summed E-state index contributed by atoms with van der Waals surface area (Å²) >= 11 is 0. The van der Waals surface area contributed by atoms with Crippen molar-refractivity contribution in [2.45, 2.75) is 26.6 Å². The number of carbonyl (C=O) groups excluding carboxylic acids is 2. The van der Waals surface area contributed by atoms with Gasteiger partial charge < -0.3 is 5.32 Å². The molecule has 0 aliphatic carbocycles. The molecule has 0 atom stereocenters. The van der Waals surface area contributed by atoms with Crippen molar-refractivity contribution in [3.05, 3.63) is 76.9 Å². The summed E-state index contributed by atoms with van der Waals surface area (Å²) in [5.41, 5.74) is 0.485. The van der Waals surface area contributed by atoms with Gasteiger partial charge in [-0.05, 0) is 29.3 Å². The molecule has 27 heavy (non-hydrogen) atoms. The lowest BCUT2D eigenvalue weighted by molar-refractivity contribution is -0.137. The van der Waals surface area contributed by atoms with Gasteiger partial charge in [-0.15, -0.1) is 0 Å². The van der Waals surface area contributed by atoms with Gasteiger partial charge in [0.1, 0.15) is 0 Å². The summed E-state index contributed by atoms with van der Waals surface area (Å²) in [4.78, 5) is 24.9. The van der Waals surface area contributed by atoms with E-state index in [0.29, 0.717) is 11.1 Å². The number of hydrogen-bond donors (Lipinski definition) is 1. The highest BCUT2D eigenvalue weighted by Gasteiger charge is 2.30. The standard InChI is InChI=1S/C21H20F3NO2/c1-14(2)19(26)18(12-15-6-4-3-5-7-15)20(27)25-13-16-8-10-17(11-9-16)21(22,23)24/h3-12,14H,13H2,1-2H3,(H,25,27). The van der Waals surface area contributed by atoms with Gasteiger partial charge in [0.2, 0.25) is 0 Å². The number of benzene rings is 2. The monoisotopic (exact) mass is 375 g/mol. The van der Waals surface area contributed by atoms with Gasteiger partial charge in [-0.25, -0.2) is 0 Å². The van der Waals surface area contributed by atoms with Crippen LogP contribution in [-0.2, 0) is 22.3 Å². The van der Waals surface area contributed by atoms with Gasteiger partial charge in [0.25, 0.3) is 5.91 Å². The van der Waals surface area contributed by atoms with Gasteiger partial charge in [-0.2, -0.15) is 13.2 Å². The van der Waals surface area contributed by atoms with E-state index in [9.17, 15) is 22.8 Å². The number of hydrogen-bond acceptors (Lipinski definition) is 2.